The molecule has 2 amide bonds. The van der Waals surface area contributed by atoms with Crippen molar-refractivity contribution in [3.8, 4) is 5.75 Å². The predicted octanol–water partition coefficient (Wildman–Crippen LogP) is 6.39. The summed E-state index contributed by atoms with van der Waals surface area (Å²) in [4.78, 5) is 27.9. The molecule has 2 aromatic rings. The summed E-state index contributed by atoms with van der Waals surface area (Å²) in [5.74, 6) is 0.0720. The van der Waals surface area contributed by atoms with Gasteiger partial charge in [0, 0.05) is 22.1 Å². The van der Waals surface area contributed by atoms with Crippen LogP contribution in [0.25, 0.3) is 0 Å². The summed E-state index contributed by atoms with van der Waals surface area (Å²) in [6.45, 7) is 14.0. The fourth-order valence-corrected chi connectivity index (χ4v) is 3.95. The molecule has 0 aliphatic carbocycles. The minimum atomic E-state index is -0.676. The Morgan fingerprint density at radius 3 is 2.12 bits per heavy atom. The highest BCUT2D eigenvalue weighted by Crippen LogP contribution is 2.26. The first-order chi connectivity index (χ1) is 15.7. The first-order valence-electron chi connectivity index (χ1n) is 11.5. The molecule has 5 nitrogen and oxygen atoms in total. The van der Waals surface area contributed by atoms with E-state index in [1.165, 1.54) is 10.5 Å². The predicted molar refractivity (Wildman–Crippen MR) is 140 cm³/mol. The smallest absolute Gasteiger partial charge is 0.261 e. The maximum absolute atomic E-state index is 13.3. The van der Waals surface area contributed by atoms with Gasteiger partial charge < -0.3 is 15.0 Å². The van der Waals surface area contributed by atoms with E-state index in [0.29, 0.717) is 27.8 Å². The van der Waals surface area contributed by atoms with Crippen LogP contribution in [0.4, 0.5) is 0 Å². The molecule has 0 radical (unpaired) electrons. The third-order valence-corrected chi connectivity index (χ3v) is 5.91. The van der Waals surface area contributed by atoms with Gasteiger partial charge >= 0.3 is 0 Å². The molecule has 34 heavy (non-hydrogen) atoms. The van der Waals surface area contributed by atoms with Crippen LogP contribution >= 0.6 is 23.2 Å². The maximum atomic E-state index is 13.3. The second kappa shape index (κ2) is 11.5. The third kappa shape index (κ3) is 8.21. The third-order valence-electron chi connectivity index (χ3n) is 5.32. The van der Waals surface area contributed by atoms with Gasteiger partial charge in [-0.15, -0.1) is 0 Å². The molecule has 1 atom stereocenters. The van der Waals surface area contributed by atoms with Crippen LogP contribution in [0, 0.1) is 0 Å². The lowest BCUT2D eigenvalue weighted by Crippen LogP contribution is -2.54. The average Bonchev–Trinajstić information content (AvgIpc) is 2.71. The number of nitrogens with one attached hydrogen (secondary N) is 1. The van der Waals surface area contributed by atoms with Gasteiger partial charge in [0.15, 0.2) is 6.61 Å². The number of benzene rings is 2. The number of hydrogen-bond acceptors (Lipinski definition) is 3. The van der Waals surface area contributed by atoms with E-state index in [-0.39, 0.29) is 30.4 Å². The Kier molecular flexibility index (Phi) is 9.44. The van der Waals surface area contributed by atoms with Gasteiger partial charge in [0.25, 0.3) is 5.91 Å². The SMILES string of the molecule is CC[C@H](C(=O)NC(C)(C)C)N(Cc1ccc(Cl)cc1Cl)C(=O)COc1ccc(C(C)(C)C)cc1. The number of rotatable bonds is 8. The summed E-state index contributed by atoms with van der Waals surface area (Å²) >= 11 is 12.4. The van der Waals surface area contributed by atoms with Crippen LogP contribution in [0.15, 0.2) is 42.5 Å². The van der Waals surface area contributed by atoms with E-state index >= 15 is 0 Å². The minimum absolute atomic E-state index is 0.0256. The number of carbonyl (C=O) groups excluding carboxylic acids is 2. The molecule has 0 aliphatic heterocycles. The number of hydrogen-bond donors (Lipinski definition) is 1. The second-order valence-electron chi connectivity index (χ2n) is 10.5. The number of ether oxygens (including phenoxy) is 1. The Morgan fingerprint density at radius 1 is 1.00 bits per heavy atom. The minimum Gasteiger partial charge on any atom is -0.484 e. The Balaban J connectivity index is 2.26. The Hall–Kier alpha value is -2.24. The van der Waals surface area contributed by atoms with Gasteiger partial charge in [-0.2, -0.15) is 0 Å². The lowest BCUT2D eigenvalue weighted by molar-refractivity contribution is -0.143. The topological polar surface area (TPSA) is 58.6 Å². The molecule has 0 bridgehead atoms. The summed E-state index contributed by atoms with van der Waals surface area (Å²) in [6, 6.07) is 12.2. The molecule has 1 N–H and O–H groups in total. The van der Waals surface area contributed by atoms with Gasteiger partial charge in [0.1, 0.15) is 11.8 Å². The van der Waals surface area contributed by atoms with Crippen molar-refractivity contribution in [2.75, 3.05) is 6.61 Å². The second-order valence-corrected chi connectivity index (χ2v) is 11.3. The lowest BCUT2D eigenvalue weighted by atomic mass is 9.87. The van der Waals surface area contributed by atoms with Crippen molar-refractivity contribution in [2.24, 2.45) is 0 Å². The normalized spacial score (nSPS) is 12.7. The van der Waals surface area contributed by atoms with E-state index in [2.05, 4.69) is 26.1 Å². The lowest BCUT2D eigenvalue weighted by Gasteiger charge is -2.33. The summed E-state index contributed by atoms with van der Waals surface area (Å²) in [6.07, 6.45) is 0.444. The van der Waals surface area contributed by atoms with E-state index in [9.17, 15) is 9.59 Å². The fourth-order valence-electron chi connectivity index (χ4n) is 3.48. The van der Waals surface area contributed by atoms with Crippen LogP contribution in [0.5, 0.6) is 5.75 Å². The highest BCUT2D eigenvalue weighted by Gasteiger charge is 2.31. The van der Waals surface area contributed by atoms with Crippen LogP contribution < -0.4 is 10.1 Å². The number of carbonyl (C=O) groups is 2. The van der Waals surface area contributed by atoms with Crippen molar-refractivity contribution in [2.45, 2.75) is 78.4 Å². The largest absolute Gasteiger partial charge is 0.484 e. The zero-order valence-corrected chi connectivity index (χ0v) is 22.7. The van der Waals surface area contributed by atoms with E-state index in [0.717, 1.165) is 0 Å². The first-order valence-corrected chi connectivity index (χ1v) is 12.3. The highest BCUT2D eigenvalue weighted by atomic mass is 35.5. The standard InChI is InChI=1S/C27H36Cl2N2O3/c1-8-23(25(33)30-27(5,6)7)31(16-18-9-12-20(28)15-22(18)29)24(32)17-34-21-13-10-19(11-14-21)26(2,3)4/h9-15,23H,8,16-17H2,1-7H3,(H,30,33)/t23-/m1/s1. The van der Waals surface area contributed by atoms with Gasteiger partial charge in [-0.05, 0) is 68.0 Å². The number of amides is 2. The van der Waals surface area contributed by atoms with Gasteiger partial charge in [-0.3, -0.25) is 9.59 Å². The summed E-state index contributed by atoms with van der Waals surface area (Å²) < 4.78 is 5.80. The van der Waals surface area contributed by atoms with Crippen molar-refractivity contribution < 1.29 is 14.3 Å². The molecule has 0 aliphatic rings. The summed E-state index contributed by atoms with van der Waals surface area (Å²) in [5, 5.41) is 3.93. The Labute approximate surface area is 213 Å². The van der Waals surface area contributed by atoms with Crippen LogP contribution in [0.3, 0.4) is 0 Å². The van der Waals surface area contributed by atoms with Crippen molar-refractivity contribution >= 4 is 35.0 Å². The Morgan fingerprint density at radius 2 is 1.62 bits per heavy atom. The molecule has 2 rings (SSSR count). The molecule has 2 aromatic carbocycles. The summed E-state index contributed by atoms with van der Waals surface area (Å²) in [5.41, 5.74) is 1.48. The molecule has 0 fully saturated rings. The van der Waals surface area contributed by atoms with Crippen LogP contribution in [-0.2, 0) is 21.5 Å². The number of halogens is 2. The summed E-state index contributed by atoms with van der Waals surface area (Å²) in [7, 11) is 0. The molecule has 186 valence electrons. The molecular weight excluding hydrogens is 471 g/mol. The van der Waals surface area contributed by atoms with Crippen LogP contribution in [0.1, 0.15) is 66.0 Å². The molecule has 0 heterocycles. The zero-order valence-electron chi connectivity index (χ0n) is 21.2. The maximum Gasteiger partial charge on any atom is 0.261 e. The first kappa shape index (κ1) is 28.0. The van der Waals surface area contributed by atoms with Crippen molar-refractivity contribution in [1.82, 2.24) is 10.2 Å². The fraction of sp³-hybridized carbons (Fsp3) is 0.481. The van der Waals surface area contributed by atoms with Crippen molar-refractivity contribution in [1.29, 1.82) is 0 Å². The van der Waals surface area contributed by atoms with Gasteiger partial charge in [0.2, 0.25) is 5.91 Å². The van der Waals surface area contributed by atoms with E-state index in [1.807, 2.05) is 52.0 Å². The Bertz CT molecular complexity index is 992. The van der Waals surface area contributed by atoms with E-state index in [4.69, 9.17) is 27.9 Å². The molecule has 0 spiro atoms. The van der Waals surface area contributed by atoms with Crippen molar-refractivity contribution in [3.05, 3.63) is 63.6 Å². The highest BCUT2D eigenvalue weighted by molar-refractivity contribution is 6.35. The van der Waals surface area contributed by atoms with Gasteiger partial charge in [-0.25, -0.2) is 0 Å². The van der Waals surface area contributed by atoms with Gasteiger partial charge in [-0.1, -0.05) is 69.1 Å². The van der Waals surface area contributed by atoms with Gasteiger partial charge in [0.05, 0.1) is 0 Å². The molecule has 0 saturated heterocycles. The molecule has 7 heteroatoms. The van der Waals surface area contributed by atoms with Crippen molar-refractivity contribution in [3.63, 3.8) is 0 Å². The van der Waals surface area contributed by atoms with Crippen LogP contribution in [0.2, 0.25) is 10.0 Å². The monoisotopic (exact) mass is 506 g/mol. The zero-order chi connectivity index (χ0) is 25.7. The quantitative estimate of drug-likeness (QED) is 0.450. The molecule has 0 aromatic heterocycles. The average molecular weight is 508 g/mol. The number of nitrogens with zero attached hydrogens (tertiary/aromatic N) is 1. The molecular formula is C27H36Cl2N2O3. The molecule has 0 unspecified atom stereocenters. The van der Waals surface area contributed by atoms with E-state index < -0.39 is 11.6 Å². The van der Waals surface area contributed by atoms with E-state index in [1.54, 1.807) is 18.2 Å². The molecule has 0 saturated carbocycles. The van der Waals surface area contributed by atoms with Crippen LogP contribution in [-0.4, -0.2) is 34.9 Å².